The summed E-state index contributed by atoms with van der Waals surface area (Å²) in [6.07, 6.45) is 1.65. The number of hydrogen-bond acceptors (Lipinski definition) is 4. The molecule has 39 heavy (non-hydrogen) atoms. The quantitative estimate of drug-likeness (QED) is 0.157. The van der Waals surface area contributed by atoms with Crippen molar-refractivity contribution < 1.29 is 9.36 Å². The first-order valence-electron chi connectivity index (χ1n) is 13.5. The number of hydrazone groups is 1. The van der Waals surface area contributed by atoms with Crippen LogP contribution in [-0.2, 0) is 9.36 Å². The van der Waals surface area contributed by atoms with Gasteiger partial charge in [0.25, 0.3) is 5.91 Å². The Kier molecular flexibility index (Phi) is 9.41. The van der Waals surface area contributed by atoms with E-state index in [1.807, 2.05) is 128 Å². The molecule has 0 unspecified atom stereocenters. The first kappa shape index (κ1) is 28.4. The van der Waals surface area contributed by atoms with Crippen molar-refractivity contribution in [2.75, 3.05) is 26.2 Å². The van der Waals surface area contributed by atoms with Crippen molar-refractivity contribution in [3.8, 4) is 0 Å². The van der Waals surface area contributed by atoms with E-state index in [0.717, 1.165) is 11.1 Å². The van der Waals surface area contributed by atoms with Gasteiger partial charge in [0.05, 0.1) is 11.5 Å². The van der Waals surface area contributed by atoms with Crippen molar-refractivity contribution >= 4 is 30.7 Å². The van der Waals surface area contributed by atoms with Crippen LogP contribution in [0.2, 0.25) is 0 Å². The summed E-state index contributed by atoms with van der Waals surface area (Å²) >= 11 is 0. The summed E-state index contributed by atoms with van der Waals surface area (Å²) in [6, 6.07) is 28.7. The van der Waals surface area contributed by atoms with Gasteiger partial charge in [-0.2, -0.15) is 10.1 Å². The molecule has 7 nitrogen and oxygen atoms in total. The van der Waals surface area contributed by atoms with Gasteiger partial charge in [0, 0.05) is 31.7 Å². The van der Waals surface area contributed by atoms with Gasteiger partial charge in [0.1, 0.15) is 5.70 Å². The van der Waals surface area contributed by atoms with Gasteiger partial charge in [0.2, 0.25) is 7.44 Å². The number of nitrogens with zero attached hydrogens (tertiary/aromatic N) is 5. The van der Waals surface area contributed by atoms with Crippen molar-refractivity contribution in [2.45, 2.75) is 27.7 Å². The summed E-state index contributed by atoms with van der Waals surface area (Å²) < 4.78 is 19.4. The van der Waals surface area contributed by atoms with E-state index in [2.05, 4.69) is 5.10 Å². The molecule has 0 bridgehead atoms. The average molecular weight is 542 g/mol. The Bertz CT molecular complexity index is 1380. The summed E-state index contributed by atoms with van der Waals surface area (Å²) in [7, 11) is -3.44. The highest BCUT2D eigenvalue weighted by Gasteiger charge is 2.45. The van der Waals surface area contributed by atoms with Crippen molar-refractivity contribution in [3.63, 3.8) is 0 Å². The van der Waals surface area contributed by atoms with Gasteiger partial charge in [0.15, 0.2) is 5.84 Å². The molecule has 0 fully saturated rings. The van der Waals surface area contributed by atoms with Crippen LogP contribution in [0.15, 0.2) is 107 Å². The van der Waals surface area contributed by atoms with Crippen LogP contribution >= 0.6 is 7.44 Å². The third-order valence-electron chi connectivity index (χ3n) is 6.76. The molecule has 202 valence electrons. The number of hydrogen-bond donors (Lipinski definition) is 0. The van der Waals surface area contributed by atoms with Crippen LogP contribution in [0.25, 0.3) is 5.31 Å². The average Bonchev–Trinajstić information content (AvgIpc) is 3.30. The zero-order valence-corrected chi connectivity index (χ0v) is 24.0. The number of aliphatic imine (C=N–C) groups is 1. The maximum absolute atomic E-state index is 15.4. The van der Waals surface area contributed by atoms with Crippen molar-refractivity contribution in [3.05, 3.63) is 113 Å². The molecule has 0 atom stereocenters. The van der Waals surface area contributed by atoms with E-state index in [0.29, 0.717) is 42.9 Å². The summed E-state index contributed by atoms with van der Waals surface area (Å²) in [6.45, 7) is 10.2. The van der Waals surface area contributed by atoms with Crippen LogP contribution in [-0.4, -0.2) is 58.5 Å². The molecule has 1 heterocycles. The Morgan fingerprint density at radius 1 is 0.795 bits per heavy atom. The second-order valence-electron chi connectivity index (χ2n) is 8.96. The first-order chi connectivity index (χ1) is 19.0. The number of amidine groups is 1. The maximum atomic E-state index is 15.4. The number of amides is 1. The largest absolute Gasteiger partial charge is 0.299 e. The Morgan fingerprint density at radius 3 is 1.79 bits per heavy atom. The van der Waals surface area contributed by atoms with E-state index >= 15 is 4.57 Å². The van der Waals surface area contributed by atoms with Crippen molar-refractivity contribution in [1.82, 2.24) is 14.3 Å². The molecule has 0 spiro atoms. The highest BCUT2D eigenvalue weighted by Crippen LogP contribution is 2.65. The Morgan fingerprint density at radius 2 is 1.28 bits per heavy atom. The lowest BCUT2D eigenvalue weighted by Gasteiger charge is -2.39. The molecule has 8 heteroatoms. The molecule has 0 saturated heterocycles. The molecule has 0 aromatic heterocycles. The van der Waals surface area contributed by atoms with Crippen LogP contribution in [0.1, 0.15) is 44.4 Å². The third kappa shape index (κ3) is 5.71. The van der Waals surface area contributed by atoms with Gasteiger partial charge in [-0.25, -0.2) is 14.3 Å². The fraction of sp³-hybridized carbons (Fsp3) is 0.258. The summed E-state index contributed by atoms with van der Waals surface area (Å²) in [5.74, 6) is 0.00119. The predicted octanol–water partition coefficient (Wildman–Crippen LogP) is 6.56. The second kappa shape index (κ2) is 12.9. The molecular formula is C31H36N5O2P. The lowest BCUT2D eigenvalue weighted by Crippen LogP contribution is -2.33. The molecule has 4 rings (SSSR count). The zero-order chi connectivity index (χ0) is 27.8. The van der Waals surface area contributed by atoms with Gasteiger partial charge in [-0.15, -0.1) is 0 Å². The van der Waals surface area contributed by atoms with Crippen LogP contribution < -0.4 is 0 Å². The van der Waals surface area contributed by atoms with Crippen LogP contribution in [0.3, 0.4) is 0 Å². The summed E-state index contributed by atoms with van der Waals surface area (Å²) in [5.41, 5.74) is 2.48. The molecule has 3 aromatic carbocycles. The number of benzene rings is 3. The minimum Gasteiger partial charge on any atom is -0.283 e. The third-order valence-corrected chi connectivity index (χ3v) is 10.5. The molecule has 3 aromatic rings. The van der Waals surface area contributed by atoms with Crippen LogP contribution in [0.5, 0.6) is 0 Å². The molecule has 1 amide bonds. The molecular weight excluding hydrogens is 505 g/mol. The van der Waals surface area contributed by atoms with E-state index in [-0.39, 0.29) is 5.70 Å². The SMILES string of the molecule is CCN(CC)P(=O)(/C(=C1/N=C(c2ccccc2)N(/N=C/c2ccccc2)C1=O)c1ccccc1)N(CC)CC. The van der Waals surface area contributed by atoms with Gasteiger partial charge in [-0.3, -0.25) is 9.36 Å². The van der Waals surface area contributed by atoms with E-state index in [9.17, 15) is 4.79 Å². The van der Waals surface area contributed by atoms with E-state index in [1.165, 1.54) is 5.01 Å². The molecule has 0 N–H and O–H groups in total. The zero-order valence-electron chi connectivity index (χ0n) is 23.1. The fourth-order valence-electron chi connectivity index (χ4n) is 4.81. The Hall–Kier alpha value is -3.64. The molecule has 0 saturated carbocycles. The molecule has 0 radical (unpaired) electrons. The summed E-state index contributed by atoms with van der Waals surface area (Å²) in [4.78, 5) is 19.2. The van der Waals surface area contributed by atoms with Crippen molar-refractivity contribution in [1.29, 1.82) is 0 Å². The van der Waals surface area contributed by atoms with E-state index in [4.69, 9.17) is 4.99 Å². The summed E-state index contributed by atoms with van der Waals surface area (Å²) in [5, 5.41) is 6.37. The number of carbonyl (C=O) groups is 1. The van der Waals surface area contributed by atoms with Gasteiger partial charge >= 0.3 is 0 Å². The molecule has 1 aliphatic heterocycles. The van der Waals surface area contributed by atoms with Crippen LogP contribution in [0.4, 0.5) is 0 Å². The maximum Gasteiger partial charge on any atom is 0.299 e. The smallest absolute Gasteiger partial charge is 0.283 e. The second-order valence-corrected chi connectivity index (χ2v) is 11.6. The van der Waals surface area contributed by atoms with Crippen LogP contribution in [0, 0.1) is 0 Å². The standard InChI is InChI=1S/C31H36N5O2P/c1-5-34(6-2)39(38,35(7-3)8-4)29(26-20-14-10-15-21-26)28-31(37)36(32-24-25-18-12-9-13-19-25)30(33-28)27-22-16-11-17-23-27/h9-24H,5-8H2,1-4H3/b29-28+,32-24+. The topological polar surface area (TPSA) is 68.6 Å². The van der Waals surface area contributed by atoms with E-state index in [1.54, 1.807) is 6.21 Å². The highest BCUT2D eigenvalue weighted by molar-refractivity contribution is 7.70. The molecule has 0 aliphatic carbocycles. The Labute approximate surface area is 231 Å². The van der Waals surface area contributed by atoms with Crippen molar-refractivity contribution in [2.24, 2.45) is 10.1 Å². The number of carbonyl (C=O) groups excluding carboxylic acids is 1. The Balaban J connectivity index is 2.02. The fourth-order valence-corrected chi connectivity index (χ4v) is 8.18. The predicted molar refractivity (Wildman–Crippen MR) is 161 cm³/mol. The highest BCUT2D eigenvalue weighted by atomic mass is 31.2. The lowest BCUT2D eigenvalue weighted by molar-refractivity contribution is -0.122. The van der Waals surface area contributed by atoms with Gasteiger partial charge < -0.3 is 0 Å². The van der Waals surface area contributed by atoms with Gasteiger partial charge in [-0.1, -0.05) is 119 Å². The normalized spacial score (nSPS) is 15.5. The lowest BCUT2D eigenvalue weighted by atomic mass is 10.2. The minimum absolute atomic E-state index is 0.160. The first-order valence-corrected chi connectivity index (χ1v) is 15.1. The van der Waals surface area contributed by atoms with E-state index < -0.39 is 13.4 Å². The monoisotopic (exact) mass is 541 g/mol. The molecule has 1 aliphatic rings. The number of rotatable bonds is 11. The van der Waals surface area contributed by atoms with Gasteiger partial charge in [-0.05, 0) is 11.1 Å². The minimum atomic E-state index is -3.44.